The van der Waals surface area contributed by atoms with Crippen molar-refractivity contribution < 1.29 is 14.3 Å². The second-order valence-electron chi connectivity index (χ2n) is 3.87. The number of carbonyl (C=O) groups is 2. The second kappa shape index (κ2) is 6.68. The molecule has 0 saturated heterocycles. The molecular weight excluding hydrogens is 280 g/mol. The number of rotatable bonds is 4. The highest BCUT2D eigenvalue weighted by atomic mass is 35.5. The van der Waals surface area contributed by atoms with E-state index in [1.54, 1.807) is 42.6 Å². The fourth-order valence-corrected chi connectivity index (χ4v) is 1.55. The van der Waals surface area contributed by atoms with Crippen molar-refractivity contribution in [2.24, 2.45) is 0 Å². The van der Waals surface area contributed by atoms with E-state index in [0.29, 0.717) is 16.3 Å². The molecule has 1 aromatic carbocycles. The number of hydrogen-bond acceptors (Lipinski definition) is 4. The molecule has 0 radical (unpaired) electrons. The van der Waals surface area contributed by atoms with Crippen LogP contribution in [0.2, 0.25) is 5.02 Å². The number of benzene rings is 1. The van der Waals surface area contributed by atoms with Crippen LogP contribution < -0.4 is 5.32 Å². The van der Waals surface area contributed by atoms with Crippen molar-refractivity contribution in [3.63, 3.8) is 0 Å². The molecule has 0 aliphatic carbocycles. The van der Waals surface area contributed by atoms with Crippen LogP contribution in [0.25, 0.3) is 0 Å². The molecule has 1 amide bonds. The Labute approximate surface area is 120 Å². The van der Waals surface area contributed by atoms with Crippen molar-refractivity contribution in [2.75, 3.05) is 11.9 Å². The molecule has 0 bridgehead atoms. The Morgan fingerprint density at radius 3 is 2.60 bits per heavy atom. The summed E-state index contributed by atoms with van der Waals surface area (Å²) in [7, 11) is 0. The smallest absolute Gasteiger partial charge is 0.340 e. The zero-order valence-corrected chi connectivity index (χ0v) is 11.1. The minimum absolute atomic E-state index is 0.298. The van der Waals surface area contributed by atoms with Gasteiger partial charge in [-0.15, -0.1) is 0 Å². The molecule has 5 nitrogen and oxygen atoms in total. The Balaban J connectivity index is 1.83. The van der Waals surface area contributed by atoms with Crippen LogP contribution in [0.4, 0.5) is 5.69 Å². The Kier molecular flexibility index (Phi) is 4.68. The van der Waals surface area contributed by atoms with Crippen molar-refractivity contribution in [2.45, 2.75) is 0 Å². The van der Waals surface area contributed by atoms with Gasteiger partial charge in [-0.1, -0.05) is 11.6 Å². The Morgan fingerprint density at radius 2 is 1.95 bits per heavy atom. The van der Waals surface area contributed by atoms with Crippen LogP contribution in [0.1, 0.15) is 10.4 Å². The minimum atomic E-state index is -0.593. The highest BCUT2D eigenvalue weighted by Crippen LogP contribution is 2.13. The Morgan fingerprint density at radius 1 is 1.20 bits per heavy atom. The number of ether oxygens (including phenoxy) is 1. The predicted molar refractivity (Wildman–Crippen MR) is 74.6 cm³/mol. The van der Waals surface area contributed by atoms with Crippen LogP contribution in [-0.2, 0) is 9.53 Å². The molecule has 6 heteroatoms. The van der Waals surface area contributed by atoms with E-state index in [1.807, 2.05) is 0 Å². The van der Waals surface area contributed by atoms with Crippen LogP contribution >= 0.6 is 11.6 Å². The molecule has 1 heterocycles. The SMILES string of the molecule is O=C(COC(=O)c1cccnc1)Nc1ccc(Cl)cc1. The van der Waals surface area contributed by atoms with E-state index in [9.17, 15) is 9.59 Å². The first-order valence-corrected chi connectivity index (χ1v) is 6.15. The summed E-state index contributed by atoms with van der Waals surface area (Å²) in [6.07, 6.45) is 2.92. The number of hydrogen-bond donors (Lipinski definition) is 1. The standard InChI is InChI=1S/C14H11ClN2O3/c15-11-3-5-12(6-4-11)17-13(18)9-20-14(19)10-2-1-7-16-8-10/h1-8H,9H2,(H,17,18). The van der Waals surface area contributed by atoms with Gasteiger partial charge in [-0.2, -0.15) is 0 Å². The van der Waals surface area contributed by atoms with E-state index in [2.05, 4.69) is 10.3 Å². The van der Waals surface area contributed by atoms with Gasteiger partial charge in [0.25, 0.3) is 5.91 Å². The number of nitrogens with one attached hydrogen (secondary N) is 1. The second-order valence-corrected chi connectivity index (χ2v) is 4.31. The van der Waals surface area contributed by atoms with E-state index in [4.69, 9.17) is 16.3 Å². The van der Waals surface area contributed by atoms with Gasteiger partial charge in [-0.3, -0.25) is 9.78 Å². The van der Waals surface area contributed by atoms with Crippen molar-refractivity contribution in [1.82, 2.24) is 4.98 Å². The van der Waals surface area contributed by atoms with E-state index < -0.39 is 11.9 Å². The van der Waals surface area contributed by atoms with Crippen molar-refractivity contribution in [3.05, 3.63) is 59.4 Å². The van der Waals surface area contributed by atoms with Crippen LogP contribution in [0.3, 0.4) is 0 Å². The van der Waals surface area contributed by atoms with Crippen LogP contribution in [0, 0.1) is 0 Å². The van der Waals surface area contributed by atoms with Gasteiger partial charge in [0.2, 0.25) is 0 Å². The van der Waals surface area contributed by atoms with Crippen molar-refractivity contribution >= 4 is 29.2 Å². The molecule has 0 saturated carbocycles. The lowest BCUT2D eigenvalue weighted by atomic mass is 10.3. The van der Waals surface area contributed by atoms with Gasteiger partial charge in [0, 0.05) is 23.1 Å². The van der Waals surface area contributed by atoms with Crippen LogP contribution in [0.5, 0.6) is 0 Å². The third-order valence-corrected chi connectivity index (χ3v) is 2.61. The summed E-state index contributed by atoms with van der Waals surface area (Å²) in [5.41, 5.74) is 0.878. The number of esters is 1. The van der Waals surface area contributed by atoms with E-state index in [-0.39, 0.29) is 6.61 Å². The van der Waals surface area contributed by atoms with Gasteiger partial charge >= 0.3 is 5.97 Å². The molecule has 2 rings (SSSR count). The zero-order valence-electron chi connectivity index (χ0n) is 10.4. The van der Waals surface area contributed by atoms with Gasteiger partial charge in [-0.05, 0) is 36.4 Å². The maximum absolute atomic E-state index is 11.6. The molecule has 0 atom stereocenters. The van der Waals surface area contributed by atoms with E-state index >= 15 is 0 Å². The molecule has 0 aliphatic heterocycles. The first kappa shape index (κ1) is 14.0. The molecular formula is C14H11ClN2O3. The number of carbonyl (C=O) groups excluding carboxylic acids is 2. The summed E-state index contributed by atoms with van der Waals surface area (Å²) in [5.74, 6) is -1.02. The van der Waals surface area contributed by atoms with Gasteiger partial charge in [0.05, 0.1) is 5.56 Å². The van der Waals surface area contributed by atoms with Gasteiger partial charge in [-0.25, -0.2) is 4.79 Å². The molecule has 1 N–H and O–H groups in total. The monoisotopic (exact) mass is 290 g/mol. The van der Waals surface area contributed by atoms with Crippen molar-refractivity contribution in [1.29, 1.82) is 0 Å². The lowest BCUT2D eigenvalue weighted by Gasteiger charge is -2.06. The van der Waals surface area contributed by atoms with Gasteiger partial charge < -0.3 is 10.1 Å². The zero-order chi connectivity index (χ0) is 14.4. The normalized spacial score (nSPS) is 9.85. The summed E-state index contributed by atoms with van der Waals surface area (Å²) in [5, 5.41) is 3.16. The molecule has 20 heavy (non-hydrogen) atoms. The minimum Gasteiger partial charge on any atom is -0.452 e. The van der Waals surface area contributed by atoms with Crippen molar-refractivity contribution in [3.8, 4) is 0 Å². The number of nitrogens with zero attached hydrogens (tertiary/aromatic N) is 1. The maximum atomic E-state index is 11.6. The third kappa shape index (κ3) is 4.07. The van der Waals surface area contributed by atoms with Crippen LogP contribution in [-0.4, -0.2) is 23.5 Å². The van der Waals surface area contributed by atoms with E-state index in [1.165, 1.54) is 6.20 Å². The van der Waals surface area contributed by atoms with Gasteiger partial charge in [0.1, 0.15) is 0 Å². The highest BCUT2D eigenvalue weighted by molar-refractivity contribution is 6.30. The number of aromatic nitrogens is 1. The molecule has 0 spiro atoms. The molecule has 0 aliphatic rings. The summed E-state index contributed by atoms with van der Waals surface area (Å²) in [6, 6.07) is 9.79. The average molecular weight is 291 g/mol. The lowest BCUT2D eigenvalue weighted by Crippen LogP contribution is -2.20. The summed E-state index contributed by atoms with van der Waals surface area (Å²) >= 11 is 5.73. The third-order valence-electron chi connectivity index (χ3n) is 2.36. The fourth-order valence-electron chi connectivity index (χ4n) is 1.43. The van der Waals surface area contributed by atoms with Gasteiger partial charge in [0.15, 0.2) is 6.61 Å². The highest BCUT2D eigenvalue weighted by Gasteiger charge is 2.10. The Bertz CT molecular complexity index is 600. The molecule has 102 valence electrons. The largest absolute Gasteiger partial charge is 0.452 e. The number of anilines is 1. The molecule has 1 aromatic heterocycles. The molecule has 0 unspecified atom stereocenters. The predicted octanol–water partition coefficient (Wildman–Crippen LogP) is 2.53. The number of amides is 1. The number of halogens is 1. The molecule has 0 fully saturated rings. The quantitative estimate of drug-likeness (QED) is 0.879. The first-order chi connectivity index (χ1) is 9.65. The number of pyridine rings is 1. The maximum Gasteiger partial charge on any atom is 0.340 e. The topological polar surface area (TPSA) is 68.3 Å². The Hall–Kier alpha value is -2.40. The lowest BCUT2D eigenvalue weighted by molar-refractivity contribution is -0.119. The summed E-state index contributed by atoms with van der Waals surface area (Å²) < 4.78 is 4.87. The van der Waals surface area contributed by atoms with E-state index in [0.717, 1.165) is 0 Å². The molecule has 2 aromatic rings. The van der Waals surface area contributed by atoms with Crippen LogP contribution in [0.15, 0.2) is 48.8 Å². The summed E-state index contributed by atoms with van der Waals surface area (Å²) in [4.78, 5) is 27.0. The fraction of sp³-hybridized carbons (Fsp3) is 0.0714. The summed E-state index contributed by atoms with van der Waals surface area (Å²) in [6.45, 7) is -0.365. The average Bonchev–Trinajstić information content (AvgIpc) is 2.48. The first-order valence-electron chi connectivity index (χ1n) is 5.78.